The fraction of sp³-hybridized carbons (Fsp3) is 0.400. The van der Waals surface area contributed by atoms with Gasteiger partial charge in [-0.3, -0.25) is 4.79 Å². The molecule has 0 amide bonds. The lowest BCUT2D eigenvalue weighted by Crippen LogP contribution is -2.21. The Morgan fingerprint density at radius 2 is 2.29 bits per heavy atom. The zero-order chi connectivity index (χ0) is 10.6. The van der Waals surface area contributed by atoms with E-state index in [2.05, 4.69) is 0 Å². The first-order valence-electron chi connectivity index (χ1n) is 4.56. The summed E-state index contributed by atoms with van der Waals surface area (Å²) >= 11 is 4.77. The van der Waals surface area contributed by atoms with Crippen LogP contribution in [0.3, 0.4) is 0 Å². The van der Waals surface area contributed by atoms with Crippen LogP contribution in [0.2, 0.25) is 0 Å². The third kappa shape index (κ3) is 2.96. The molecule has 0 bridgehead atoms. The molecule has 0 saturated carbocycles. The molecule has 76 valence electrons. The molecule has 0 aliphatic rings. The Morgan fingerprint density at radius 1 is 1.57 bits per heavy atom. The Bertz CT molecular complexity index is 384. The van der Waals surface area contributed by atoms with E-state index in [4.69, 9.17) is 18.0 Å². The Balaban J connectivity index is 2.67. The molecule has 0 fully saturated rings. The topological polar surface area (TPSA) is 48.0 Å². The second kappa shape index (κ2) is 4.91. The summed E-state index contributed by atoms with van der Waals surface area (Å²) in [6.07, 6.45) is 1.51. The van der Waals surface area contributed by atoms with Gasteiger partial charge in [0.1, 0.15) is 0 Å². The second-order valence-corrected chi connectivity index (χ2v) is 3.75. The zero-order valence-electron chi connectivity index (χ0n) is 8.19. The SMILES string of the molecule is Cc1cccc(=O)n1CCCC(N)=S. The molecule has 2 N–H and O–H groups in total. The standard InChI is InChI=1S/C10H14N2OS/c1-8-4-2-6-10(13)12(8)7-3-5-9(11)14/h2,4,6H,3,5,7H2,1H3,(H2,11,14). The van der Waals surface area contributed by atoms with Gasteiger partial charge in [-0.25, -0.2) is 0 Å². The van der Waals surface area contributed by atoms with Crippen LogP contribution in [-0.4, -0.2) is 9.56 Å². The van der Waals surface area contributed by atoms with Crippen LogP contribution >= 0.6 is 12.2 Å². The van der Waals surface area contributed by atoms with Gasteiger partial charge >= 0.3 is 0 Å². The summed E-state index contributed by atoms with van der Waals surface area (Å²) in [6.45, 7) is 2.60. The van der Waals surface area contributed by atoms with E-state index < -0.39 is 0 Å². The fourth-order valence-corrected chi connectivity index (χ4v) is 1.47. The molecule has 14 heavy (non-hydrogen) atoms. The molecule has 0 aliphatic carbocycles. The van der Waals surface area contributed by atoms with Crippen LogP contribution in [0.1, 0.15) is 18.5 Å². The maximum Gasteiger partial charge on any atom is 0.250 e. The lowest BCUT2D eigenvalue weighted by Gasteiger charge is -2.08. The zero-order valence-corrected chi connectivity index (χ0v) is 9.01. The highest BCUT2D eigenvalue weighted by molar-refractivity contribution is 7.80. The number of nitrogens with zero attached hydrogens (tertiary/aromatic N) is 1. The number of rotatable bonds is 4. The minimum atomic E-state index is 0.0351. The quantitative estimate of drug-likeness (QED) is 0.760. The highest BCUT2D eigenvalue weighted by atomic mass is 32.1. The molecule has 0 aliphatic heterocycles. The van der Waals surface area contributed by atoms with Gasteiger partial charge in [0.15, 0.2) is 0 Å². The minimum absolute atomic E-state index is 0.0351. The maximum absolute atomic E-state index is 11.4. The molecule has 0 aromatic carbocycles. The minimum Gasteiger partial charge on any atom is -0.393 e. The van der Waals surface area contributed by atoms with Crippen molar-refractivity contribution in [1.29, 1.82) is 0 Å². The molecule has 1 aromatic heterocycles. The molecule has 0 unspecified atom stereocenters. The molecular weight excluding hydrogens is 196 g/mol. The molecule has 0 atom stereocenters. The smallest absolute Gasteiger partial charge is 0.250 e. The first-order valence-corrected chi connectivity index (χ1v) is 4.97. The van der Waals surface area contributed by atoms with Crippen LogP contribution in [0, 0.1) is 6.92 Å². The summed E-state index contributed by atoms with van der Waals surface area (Å²) in [5, 5.41) is 0. The number of pyridine rings is 1. The first-order chi connectivity index (χ1) is 6.61. The molecule has 0 radical (unpaired) electrons. The predicted octanol–water partition coefficient (Wildman–Crippen LogP) is 1.22. The Morgan fingerprint density at radius 3 is 2.86 bits per heavy atom. The van der Waals surface area contributed by atoms with E-state index in [-0.39, 0.29) is 5.56 Å². The summed E-state index contributed by atoms with van der Waals surface area (Å²) in [5.41, 5.74) is 6.38. The lowest BCUT2D eigenvalue weighted by molar-refractivity contribution is 0.620. The van der Waals surface area contributed by atoms with Crippen molar-refractivity contribution < 1.29 is 0 Å². The molecule has 0 saturated heterocycles. The van der Waals surface area contributed by atoms with Crippen molar-refractivity contribution in [2.45, 2.75) is 26.3 Å². The van der Waals surface area contributed by atoms with Crippen molar-refractivity contribution in [3.8, 4) is 0 Å². The number of hydrogen-bond acceptors (Lipinski definition) is 2. The molecule has 1 heterocycles. The molecular formula is C10H14N2OS. The molecule has 1 rings (SSSR count). The van der Waals surface area contributed by atoms with E-state index >= 15 is 0 Å². The van der Waals surface area contributed by atoms with Gasteiger partial charge in [-0.05, 0) is 25.8 Å². The maximum atomic E-state index is 11.4. The van der Waals surface area contributed by atoms with Gasteiger partial charge in [-0.1, -0.05) is 18.3 Å². The van der Waals surface area contributed by atoms with Crippen LogP contribution in [0.25, 0.3) is 0 Å². The predicted molar refractivity (Wildman–Crippen MR) is 61.5 cm³/mol. The van der Waals surface area contributed by atoms with E-state index in [1.165, 1.54) is 0 Å². The molecule has 1 aromatic rings. The average molecular weight is 210 g/mol. The number of nitrogens with two attached hydrogens (primary N) is 1. The van der Waals surface area contributed by atoms with Crippen molar-refractivity contribution in [2.75, 3.05) is 0 Å². The van der Waals surface area contributed by atoms with Crippen LogP contribution in [0.5, 0.6) is 0 Å². The number of aryl methyl sites for hydroxylation is 1. The van der Waals surface area contributed by atoms with Gasteiger partial charge in [0, 0.05) is 18.3 Å². The summed E-state index contributed by atoms with van der Waals surface area (Å²) in [7, 11) is 0. The van der Waals surface area contributed by atoms with Crippen molar-refractivity contribution in [3.05, 3.63) is 34.2 Å². The van der Waals surface area contributed by atoms with E-state index in [9.17, 15) is 4.79 Å². The van der Waals surface area contributed by atoms with E-state index in [0.717, 1.165) is 12.1 Å². The van der Waals surface area contributed by atoms with Gasteiger partial charge in [0.05, 0.1) is 4.99 Å². The molecule has 4 heteroatoms. The van der Waals surface area contributed by atoms with Crippen LogP contribution < -0.4 is 11.3 Å². The summed E-state index contributed by atoms with van der Waals surface area (Å²) in [4.78, 5) is 11.9. The van der Waals surface area contributed by atoms with E-state index in [1.807, 2.05) is 13.0 Å². The van der Waals surface area contributed by atoms with E-state index in [0.29, 0.717) is 18.0 Å². The van der Waals surface area contributed by atoms with Crippen molar-refractivity contribution in [1.82, 2.24) is 4.57 Å². The van der Waals surface area contributed by atoms with Crippen molar-refractivity contribution in [3.63, 3.8) is 0 Å². The molecule has 3 nitrogen and oxygen atoms in total. The summed E-state index contributed by atoms with van der Waals surface area (Å²) in [5.74, 6) is 0. The van der Waals surface area contributed by atoms with Gasteiger partial charge in [0.2, 0.25) is 0 Å². The third-order valence-electron chi connectivity index (χ3n) is 2.07. The van der Waals surface area contributed by atoms with Crippen molar-refractivity contribution >= 4 is 17.2 Å². The van der Waals surface area contributed by atoms with Crippen LogP contribution in [-0.2, 0) is 6.54 Å². The fourth-order valence-electron chi connectivity index (χ4n) is 1.32. The monoisotopic (exact) mass is 210 g/mol. The number of thiocarbonyl (C=S) groups is 1. The Hall–Kier alpha value is -1.16. The molecule has 0 spiro atoms. The largest absolute Gasteiger partial charge is 0.393 e. The first kappa shape index (κ1) is 10.9. The highest BCUT2D eigenvalue weighted by Gasteiger charge is 1.98. The second-order valence-electron chi connectivity index (χ2n) is 3.23. The Labute approximate surface area is 88.5 Å². The third-order valence-corrected chi connectivity index (χ3v) is 2.28. The Kier molecular flexibility index (Phi) is 3.83. The lowest BCUT2D eigenvalue weighted by atomic mass is 10.3. The van der Waals surface area contributed by atoms with Crippen molar-refractivity contribution in [2.24, 2.45) is 5.73 Å². The van der Waals surface area contributed by atoms with Crippen LogP contribution in [0.4, 0.5) is 0 Å². The van der Waals surface area contributed by atoms with E-state index in [1.54, 1.807) is 16.7 Å². The number of aromatic nitrogens is 1. The highest BCUT2D eigenvalue weighted by Crippen LogP contribution is 1.98. The summed E-state index contributed by atoms with van der Waals surface area (Å²) < 4.78 is 1.73. The summed E-state index contributed by atoms with van der Waals surface area (Å²) in [6, 6.07) is 5.25. The van der Waals surface area contributed by atoms with Gasteiger partial charge in [0.25, 0.3) is 5.56 Å². The average Bonchev–Trinajstić information content (AvgIpc) is 2.09. The van der Waals surface area contributed by atoms with Gasteiger partial charge < -0.3 is 10.3 Å². The van der Waals surface area contributed by atoms with Gasteiger partial charge in [-0.2, -0.15) is 0 Å². The normalized spacial score (nSPS) is 10.1. The van der Waals surface area contributed by atoms with Crippen LogP contribution in [0.15, 0.2) is 23.0 Å². The number of hydrogen-bond donors (Lipinski definition) is 1. The van der Waals surface area contributed by atoms with Gasteiger partial charge in [-0.15, -0.1) is 0 Å².